The average Bonchev–Trinajstić information content (AvgIpc) is 3.19. The molecule has 3 aromatic rings. The Morgan fingerprint density at radius 2 is 1.77 bits per heavy atom. The minimum absolute atomic E-state index is 0. The number of aromatic nitrogens is 2. The molecule has 0 bridgehead atoms. The van der Waals surface area contributed by atoms with Gasteiger partial charge in [0, 0.05) is 25.5 Å². The molecule has 2 aromatic carbocycles. The lowest BCUT2D eigenvalue weighted by Gasteiger charge is -2.18. The van der Waals surface area contributed by atoms with Crippen LogP contribution in [0.1, 0.15) is 49.3 Å². The number of imidazole rings is 1. The fourth-order valence-electron chi connectivity index (χ4n) is 3.22. The number of halogens is 1. The SMILES string of the molecule is CCNC(=NCc1nccn1Cc1ccccc1)NC(C)c1ccc(CC)cc1.I. The monoisotopic (exact) mass is 517 g/mol. The van der Waals surface area contributed by atoms with Crippen molar-refractivity contribution in [2.24, 2.45) is 4.99 Å². The highest BCUT2D eigenvalue weighted by Gasteiger charge is 2.09. The molecule has 1 heterocycles. The summed E-state index contributed by atoms with van der Waals surface area (Å²) < 4.78 is 2.15. The number of benzene rings is 2. The first-order chi connectivity index (χ1) is 14.2. The van der Waals surface area contributed by atoms with Crippen LogP contribution in [0.4, 0.5) is 0 Å². The van der Waals surface area contributed by atoms with Gasteiger partial charge in [0.15, 0.2) is 5.96 Å². The molecule has 6 heteroatoms. The molecule has 0 fully saturated rings. The minimum atomic E-state index is 0. The topological polar surface area (TPSA) is 54.2 Å². The summed E-state index contributed by atoms with van der Waals surface area (Å²) >= 11 is 0. The Balaban J connectivity index is 0.00000320. The normalized spacial score (nSPS) is 12.2. The molecule has 0 saturated heterocycles. The molecule has 30 heavy (non-hydrogen) atoms. The van der Waals surface area contributed by atoms with E-state index in [1.54, 1.807) is 0 Å². The number of nitrogens with one attached hydrogen (secondary N) is 2. The predicted octanol–water partition coefficient (Wildman–Crippen LogP) is 4.93. The fourth-order valence-corrected chi connectivity index (χ4v) is 3.22. The zero-order valence-electron chi connectivity index (χ0n) is 18.0. The lowest BCUT2D eigenvalue weighted by Crippen LogP contribution is -2.38. The van der Waals surface area contributed by atoms with Gasteiger partial charge < -0.3 is 15.2 Å². The van der Waals surface area contributed by atoms with Gasteiger partial charge in [-0.1, -0.05) is 61.5 Å². The summed E-state index contributed by atoms with van der Waals surface area (Å²) in [4.78, 5) is 9.27. The fraction of sp³-hybridized carbons (Fsp3) is 0.333. The molecule has 160 valence electrons. The standard InChI is InChI=1S/C24H31N5.HI/c1-4-20-11-13-22(14-12-20)19(3)28-24(25-5-2)27-17-23-26-15-16-29(23)18-21-9-7-6-8-10-21;/h6-16,19H,4-5,17-18H2,1-3H3,(H2,25,27,28);1H. The molecule has 0 aliphatic rings. The summed E-state index contributed by atoms with van der Waals surface area (Å²) in [5.41, 5.74) is 3.86. The molecular weight excluding hydrogens is 485 g/mol. The molecule has 3 rings (SSSR count). The number of rotatable bonds is 8. The van der Waals surface area contributed by atoms with Gasteiger partial charge in [-0.2, -0.15) is 0 Å². The van der Waals surface area contributed by atoms with Crippen LogP contribution >= 0.6 is 24.0 Å². The zero-order chi connectivity index (χ0) is 20.5. The molecule has 0 saturated carbocycles. The number of aliphatic imine (C=N–C) groups is 1. The van der Waals surface area contributed by atoms with Gasteiger partial charge in [0.2, 0.25) is 0 Å². The molecule has 1 atom stereocenters. The average molecular weight is 517 g/mol. The van der Waals surface area contributed by atoms with Gasteiger partial charge in [0.1, 0.15) is 12.4 Å². The van der Waals surface area contributed by atoms with Crippen molar-refractivity contribution in [2.75, 3.05) is 6.54 Å². The lowest BCUT2D eigenvalue weighted by molar-refractivity contribution is 0.677. The smallest absolute Gasteiger partial charge is 0.192 e. The Morgan fingerprint density at radius 3 is 2.43 bits per heavy atom. The Hall–Kier alpha value is -2.35. The highest BCUT2D eigenvalue weighted by molar-refractivity contribution is 14.0. The largest absolute Gasteiger partial charge is 0.357 e. The van der Waals surface area contributed by atoms with E-state index in [-0.39, 0.29) is 30.0 Å². The molecule has 2 N–H and O–H groups in total. The van der Waals surface area contributed by atoms with E-state index < -0.39 is 0 Å². The Morgan fingerprint density at radius 1 is 1.03 bits per heavy atom. The molecule has 5 nitrogen and oxygen atoms in total. The Labute approximate surface area is 197 Å². The second kappa shape index (κ2) is 12.4. The van der Waals surface area contributed by atoms with Crippen LogP contribution in [-0.2, 0) is 19.5 Å². The molecular formula is C24H32IN5. The van der Waals surface area contributed by atoms with Crippen molar-refractivity contribution in [1.82, 2.24) is 20.2 Å². The first-order valence-corrected chi connectivity index (χ1v) is 10.4. The molecule has 0 radical (unpaired) electrons. The second-order valence-corrected chi connectivity index (χ2v) is 7.11. The summed E-state index contributed by atoms with van der Waals surface area (Å²) in [6.45, 7) is 8.55. The summed E-state index contributed by atoms with van der Waals surface area (Å²) in [7, 11) is 0. The zero-order valence-corrected chi connectivity index (χ0v) is 20.3. The van der Waals surface area contributed by atoms with E-state index in [9.17, 15) is 0 Å². The number of hydrogen-bond donors (Lipinski definition) is 2. The highest BCUT2D eigenvalue weighted by atomic mass is 127. The maximum Gasteiger partial charge on any atom is 0.192 e. The third-order valence-corrected chi connectivity index (χ3v) is 4.96. The maximum atomic E-state index is 4.77. The van der Waals surface area contributed by atoms with Crippen molar-refractivity contribution in [2.45, 2.75) is 46.3 Å². The van der Waals surface area contributed by atoms with Gasteiger partial charge in [0.25, 0.3) is 0 Å². The number of aryl methyl sites for hydroxylation is 1. The van der Waals surface area contributed by atoms with Crippen LogP contribution in [0.3, 0.4) is 0 Å². The first-order valence-electron chi connectivity index (χ1n) is 10.4. The number of guanidine groups is 1. The third-order valence-electron chi connectivity index (χ3n) is 4.96. The number of hydrogen-bond acceptors (Lipinski definition) is 2. The predicted molar refractivity (Wildman–Crippen MR) is 135 cm³/mol. The van der Waals surface area contributed by atoms with E-state index in [4.69, 9.17) is 4.99 Å². The van der Waals surface area contributed by atoms with Crippen LogP contribution in [0.2, 0.25) is 0 Å². The highest BCUT2D eigenvalue weighted by Crippen LogP contribution is 2.14. The molecule has 0 spiro atoms. The van der Waals surface area contributed by atoms with Gasteiger partial charge in [-0.15, -0.1) is 24.0 Å². The molecule has 0 amide bonds. The lowest BCUT2D eigenvalue weighted by atomic mass is 10.1. The van der Waals surface area contributed by atoms with E-state index in [1.165, 1.54) is 16.7 Å². The van der Waals surface area contributed by atoms with Crippen LogP contribution in [0.5, 0.6) is 0 Å². The molecule has 0 aliphatic heterocycles. The molecule has 1 unspecified atom stereocenters. The Kier molecular flexibility index (Phi) is 9.86. The van der Waals surface area contributed by atoms with Gasteiger partial charge in [0.05, 0.1) is 6.04 Å². The van der Waals surface area contributed by atoms with Crippen molar-refractivity contribution in [3.05, 3.63) is 89.5 Å². The Bertz CT molecular complexity index is 903. The molecule has 0 aliphatic carbocycles. The maximum absolute atomic E-state index is 4.77. The van der Waals surface area contributed by atoms with Crippen molar-refractivity contribution < 1.29 is 0 Å². The summed E-state index contributed by atoms with van der Waals surface area (Å²) in [6, 6.07) is 19.3. The van der Waals surface area contributed by atoms with Crippen molar-refractivity contribution in [3.63, 3.8) is 0 Å². The summed E-state index contributed by atoms with van der Waals surface area (Å²) in [5, 5.41) is 6.84. The third kappa shape index (κ3) is 6.86. The van der Waals surface area contributed by atoms with E-state index in [1.807, 2.05) is 18.5 Å². The summed E-state index contributed by atoms with van der Waals surface area (Å²) in [6.07, 6.45) is 4.91. The van der Waals surface area contributed by atoms with Gasteiger partial charge in [-0.25, -0.2) is 9.98 Å². The van der Waals surface area contributed by atoms with Crippen molar-refractivity contribution in [3.8, 4) is 0 Å². The van der Waals surface area contributed by atoms with E-state index in [0.717, 1.165) is 31.3 Å². The number of nitrogens with zero attached hydrogens (tertiary/aromatic N) is 3. The van der Waals surface area contributed by atoms with Crippen molar-refractivity contribution in [1.29, 1.82) is 0 Å². The van der Waals surface area contributed by atoms with Crippen LogP contribution in [-0.4, -0.2) is 22.1 Å². The van der Waals surface area contributed by atoms with E-state index >= 15 is 0 Å². The van der Waals surface area contributed by atoms with E-state index in [2.05, 4.69) is 89.5 Å². The van der Waals surface area contributed by atoms with Gasteiger partial charge >= 0.3 is 0 Å². The summed E-state index contributed by atoms with van der Waals surface area (Å²) in [5.74, 6) is 1.75. The quantitative estimate of drug-likeness (QED) is 0.253. The van der Waals surface area contributed by atoms with Crippen LogP contribution in [0, 0.1) is 0 Å². The first kappa shape index (κ1) is 23.9. The van der Waals surface area contributed by atoms with E-state index in [0.29, 0.717) is 6.54 Å². The van der Waals surface area contributed by atoms with Crippen molar-refractivity contribution >= 4 is 29.9 Å². The van der Waals surface area contributed by atoms with Crippen LogP contribution in [0.25, 0.3) is 0 Å². The molecule has 1 aromatic heterocycles. The second-order valence-electron chi connectivity index (χ2n) is 7.11. The van der Waals surface area contributed by atoms with Gasteiger partial charge in [-0.05, 0) is 37.0 Å². The van der Waals surface area contributed by atoms with Crippen LogP contribution in [0.15, 0.2) is 72.0 Å². The van der Waals surface area contributed by atoms with Gasteiger partial charge in [-0.3, -0.25) is 0 Å². The van der Waals surface area contributed by atoms with Crippen LogP contribution < -0.4 is 10.6 Å². The minimum Gasteiger partial charge on any atom is -0.357 e.